The van der Waals surface area contributed by atoms with Crippen molar-refractivity contribution in [2.45, 2.75) is 6.92 Å². The molecular formula is C6H11N3O2S. The lowest BCUT2D eigenvalue weighted by atomic mass is 10.6. The van der Waals surface area contributed by atoms with Crippen molar-refractivity contribution in [1.82, 2.24) is 14.5 Å². The quantitative estimate of drug-likeness (QED) is 0.583. The molecule has 1 fully saturated rings. The number of hydrogen-bond donors (Lipinski definition) is 2. The number of imide groups is 1. The van der Waals surface area contributed by atoms with E-state index in [4.69, 9.17) is 0 Å². The third kappa shape index (κ3) is 1.63. The van der Waals surface area contributed by atoms with Gasteiger partial charge in [0.2, 0.25) is 0 Å². The lowest BCUT2D eigenvalue weighted by molar-refractivity contribution is 0.188. The highest BCUT2D eigenvalue weighted by molar-refractivity contribution is 7.78. The van der Waals surface area contributed by atoms with Crippen molar-refractivity contribution in [3.63, 3.8) is 0 Å². The van der Waals surface area contributed by atoms with Gasteiger partial charge in [0.25, 0.3) is 0 Å². The number of thiol groups is 1. The first-order valence-electron chi connectivity index (χ1n) is 3.72. The SMILES string of the molecule is CCN(S)C(=O)N1CCNC1=O. The predicted octanol–water partition coefficient (Wildman–Crippen LogP) is 0.298. The van der Waals surface area contributed by atoms with Gasteiger partial charge in [-0.25, -0.2) is 14.5 Å². The molecule has 0 saturated carbocycles. The number of carbonyl (C=O) groups is 2. The maximum Gasteiger partial charge on any atom is 0.337 e. The summed E-state index contributed by atoms with van der Waals surface area (Å²) in [7, 11) is 0. The Balaban J connectivity index is 2.57. The summed E-state index contributed by atoms with van der Waals surface area (Å²) in [6.07, 6.45) is 0. The van der Waals surface area contributed by atoms with Gasteiger partial charge in [-0.05, 0) is 6.92 Å². The molecule has 0 aromatic carbocycles. The Bertz CT molecular complexity index is 209. The van der Waals surface area contributed by atoms with Crippen molar-refractivity contribution in [2.75, 3.05) is 19.6 Å². The third-order valence-electron chi connectivity index (χ3n) is 1.61. The molecule has 0 bridgehead atoms. The second-order valence-electron chi connectivity index (χ2n) is 2.38. The van der Waals surface area contributed by atoms with Gasteiger partial charge in [-0.15, -0.1) is 0 Å². The standard InChI is InChI=1S/C6H11N3O2S/c1-2-9(12)6(11)8-4-3-7-5(8)10/h12H,2-4H2,1H3,(H,7,10). The maximum atomic E-state index is 11.3. The minimum Gasteiger partial charge on any atom is -0.336 e. The zero-order valence-electron chi connectivity index (χ0n) is 6.78. The van der Waals surface area contributed by atoms with Gasteiger partial charge in [-0.1, -0.05) is 12.8 Å². The van der Waals surface area contributed by atoms with E-state index in [1.165, 1.54) is 4.31 Å². The molecule has 1 N–H and O–H groups in total. The van der Waals surface area contributed by atoms with E-state index in [2.05, 4.69) is 18.1 Å². The molecule has 1 aliphatic heterocycles. The zero-order chi connectivity index (χ0) is 9.14. The Hall–Kier alpha value is -0.910. The van der Waals surface area contributed by atoms with Crippen LogP contribution in [-0.2, 0) is 0 Å². The molecule has 0 spiro atoms. The summed E-state index contributed by atoms with van der Waals surface area (Å²) in [5.74, 6) is 0. The number of rotatable bonds is 1. The van der Waals surface area contributed by atoms with Gasteiger partial charge < -0.3 is 5.32 Å². The van der Waals surface area contributed by atoms with E-state index >= 15 is 0 Å². The minimum absolute atomic E-state index is 0.340. The molecule has 4 amide bonds. The largest absolute Gasteiger partial charge is 0.337 e. The molecule has 0 unspecified atom stereocenters. The highest BCUT2D eigenvalue weighted by Gasteiger charge is 2.28. The Labute approximate surface area is 76.2 Å². The Morgan fingerprint density at radius 3 is 2.92 bits per heavy atom. The van der Waals surface area contributed by atoms with E-state index in [1.807, 2.05) is 0 Å². The third-order valence-corrected chi connectivity index (χ3v) is 2.06. The molecular weight excluding hydrogens is 178 g/mol. The molecule has 1 saturated heterocycles. The number of carbonyl (C=O) groups excluding carboxylic acids is 2. The number of hydrogen-bond acceptors (Lipinski definition) is 3. The van der Waals surface area contributed by atoms with Crippen LogP contribution in [0.4, 0.5) is 9.59 Å². The van der Waals surface area contributed by atoms with Crippen LogP contribution in [0, 0.1) is 0 Å². The highest BCUT2D eigenvalue weighted by Crippen LogP contribution is 2.04. The monoisotopic (exact) mass is 189 g/mol. The maximum absolute atomic E-state index is 11.3. The van der Waals surface area contributed by atoms with E-state index in [1.54, 1.807) is 6.92 Å². The molecule has 0 aromatic heterocycles. The van der Waals surface area contributed by atoms with Crippen molar-refractivity contribution in [1.29, 1.82) is 0 Å². The Morgan fingerprint density at radius 1 is 1.83 bits per heavy atom. The highest BCUT2D eigenvalue weighted by atomic mass is 32.1. The van der Waals surface area contributed by atoms with Crippen LogP contribution in [0.1, 0.15) is 6.92 Å². The fourth-order valence-corrected chi connectivity index (χ4v) is 1.04. The molecule has 0 aromatic rings. The molecule has 1 heterocycles. The van der Waals surface area contributed by atoms with Crippen LogP contribution in [0.2, 0.25) is 0 Å². The topological polar surface area (TPSA) is 52.7 Å². The first-order chi connectivity index (χ1) is 5.66. The normalized spacial score (nSPS) is 16.2. The van der Waals surface area contributed by atoms with E-state index in [0.29, 0.717) is 19.6 Å². The second kappa shape index (κ2) is 3.66. The van der Waals surface area contributed by atoms with Crippen molar-refractivity contribution in [3.05, 3.63) is 0 Å². The lowest BCUT2D eigenvalue weighted by Gasteiger charge is -2.18. The van der Waals surface area contributed by atoms with E-state index in [-0.39, 0.29) is 12.1 Å². The average molecular weight is 189 g/mol. The van der Waals surface area contributed by atoms with Crippen LogP contribution in [0.3, 0.4) is 0 Å². The van der Waals surface area contributed by atoms with Gasteiger partial charge in [0.1, 0.15) is 0 Å². The van der Waals surface area contributed by atoms with Gasteiger partial charge in [0.15, 0.2) is 0 Å². The number of urea groups is 2. The summed E-state index contributed by atoms with van der Waals surface area (Å²) in [5.41, 5.74) is 0. The van der Waals surface area contributed by atoms with E-state index in [0.717, 1.165) is 4.90 Å². The summed E-state index contributed by atoms with van der Waals surface area (Å²) in [6.45, 7) is 3.22. The van der Waals surface area contributed by atoms with Crippen molar-refractivity contribution >= 4 is 24.9 Å². The molecule has 5 nitrogen and oxygen atoms in total. The molecule has 0 atom stereocenters. The second-order valence-corrected chi connectivity index (χ2v) is 2.86. The van der Waals surface area contributed by atoms with Crippen LogP contribution >= 0.6 is 12.8 Å². The number of nitrogens with zero attached hydrogens (tertiary/aromatic N) is 2. The van der Waals surface area contributed by atoms with Gasteiger partial charge in [0, 0.05) is 19.6 Å². The van der Waals surface area contributed by atoms with Crippen molar-refractivity contribution < 1.29 is 9.59 Å². The smallest absolute Gasteiger partial charge is 0.336 e. The van der Waals surface area contributed by atoms with Crippen LogP contribution in [0.5, 0.6) is 0 Å². The van der Waals surface area contributed by atoms with Gasteiger partial charge >= 0.3 is 12.1 Å². The number of nitrogens with one attached hydrogen (secondary N) is 1. The molecule has 6 heteroatoms. The predicted molar refractivity (Wildman–Crippen MR) is 46.9 cm³/mol. The zero-order valence-corrected chi connectivity index (χ0v) is 7.67. The molecule has 68 valence electrons. The molecule has 0 radical (unpaired) electrons. The van der Waals surface area contributed by atoms with Crippen molar-refractivity contribution in [2.24, 2.45) is 0 Å². The summed E-state index contributed by atoms with van der Waals surface area (Å²) in [4.78, 5) is 23.4. The minimum atomic E-state index is -0.365. The summed E-state index contributed by atoms with van der Waals surface area (Å²) >= 11 is 3.90. The van der Waals surface area contributed by atoms with E-state index in [9.17, 15) is 9.59 Å². The summed E-state index contributed by atoms with van der Waals surface area (Å²) in [5, 5.41) is 2.54. The first-order valence-corrected chi connectivity index (χ1v) is 4.12. The Morgan fingerprint density at radius 2 is 2.50 bits per heavy atom. The van der Waals surface area contributed by atoms with Gasteiger partial charge in [-0.2, -0.15) is 0 Å². The fraction of sp³-hybridized carbons (Fsp3) is 0.667. The molecule has 1 aliphatic rings. The van der Waals surface area contributed by atoms with Gasteiger partial charge in [0.05, 0.1) is 0 Å². The first kappa shape index (κ1) is 9.18. The van der Waals surface area contributed by atoms with E-state index < -0.39 is 0 Å². The Kier molecular flexibility index (Phi) is 2.80. The van der Waals surface area contributed by atoms with Crippen LogP contribution < -0.4 is 5.32 Å². The lowest BCUT2D eigenvalue weighted by Crippen LogP contribution is -2.40. The van der Waals surface area contributed by atoms with Crippen LogP contribution in [0.15, 0.2) is 0 Å². The molecule has 12 heavy (non-hydrogen) atoms. The van der Waals surface area contributed by atoms with Crippen molar-refractivity contribution in [3.8, 4) is 0 Å². The van der Waals surface area contributed by atoms with Crippen LogP contribution in [0.25, 0.3) is 0 Å². The van der Waals surface area contributed by atoms with Gasteiger partial charge in [-0.3, -0.25) is 4.31 Å². The number of amides is 4. The molecule has 0 aliphatic carbocycles. The average Bonchev–Trinajstić information content (AvgIpc) is 2.48. The summed E-state index contributed by atoms with van der Waals surface area (Å²) in [6, 6.07) is -0.705. The fourth-order valence-electron chi connectivity index (χ4n) is 0.929. The summed E-state index contributed by atoms with van der Waals surface area (Å²) < 4.78 is 1.20. The molecule has 1 rings (SSSR count). The van der Waals surface area contributed by atoms with Crippen LogP contribution in [-0.4, -0.2) is 40.9 Å².